The zero-order valence-corrected chi connectivity index (χ0v) is 13.0. The third-order valence-electron chi connectivity index (χ3n) is 3.71. The number of hydrogen-bond donors (Lipinski definition) is 1. The highest BCUT2D eigenvalue weighted by molar-refractivity contribution is 6.30. The molecule has 0 amide bonds. The van der Waals surface area contributed by atoms with Gasteiger partial charge in [-0.05, 0) is 41.3 Å². The Morgan fingerprint density at radius 3 is 2.41 bits per heavy atom. The summed E-state index contributed by atoms with van der Waals surface area (Å²) in [6.45, 7) is 4.20. The van der Waals surface area contributed by atoms with Crippen LogP contribution in [0.5, 0.6) is 0 Å². The van der Waals surface area contributed by atoms with E-state index < -0.39 is 5.97 Å². The largest absolute Gasteiger partial charge is 0.475 e. The van der Waals surface area contributed by atoms with Gasteiger partial charge in [0.15, 0.2) is 0 Å². The van der Waals surface area contributed by atoms with Gasteiger partial charge in [0.2, 0.25) is 5.76 Å². The van der Waals surface area contributed by atoms with Crippen molar-refractivity contribution < 1.29 is 14.3 Å². The van der Waals surface area contributed by atoms with Gasteiger partial charge >= 0.3 is 5.97 Å². The highest BCUT2D eigenvalue weighted by Gasteiger charge is 2.21. The second-order valence-corrected chi connectivity index (χ2v) is 5.96. The molecule has 0 aliphatic rings. The SMILES string of the molecule is CC(C)c1ccc2oc(C(=O)O)c(-c3ccc(Cl)cc3)c2c1. The van der Waals surface area contributed by atoms with E-state index in [4.69, 9.17) is 16.0 Å². The van der Waals surface area contributed by atoms with E-state index in [1.807, 2.05) is 18.2 Å². The number of furan rings is 1. The molecule has 22 heavy (non-hydrogen) atoms. The quantitative estimate of drug-likeness (QED) is 0.687. The number of hydrogen-bond acceptors (Lipinski definition) is 2. The summed E-state index contributed by atoms with van der Waals surface area (Å²) >= 11 is 5.92. The standard InChI is InChI=1S/C18H15ClO3/c1-10(2)12-5-8-15-14(9-12)16(17(22-15)18(20)21)11-3-6-13(19)7-4-11/h3-10H,1-2H3,(H,20,21). The maximum Gasteiger partial charge on any atom is 0.372 e. The average molecular weight is 315 g/mol. The number of fused-ring (bicyclic) bond motifs is 1. The van der Waals surface area contributed by atoms with Gasteiger partial charge in [-0.25, -0.2) is 4.79 Å². The molecular formula is C18H15ClO3. The van der Waals surface area contributed by atoms with Crippen molar-refractivity contribution in [3.8, 4) is 11.1 Å². The van der Waals surface area contributed by atoms with Crippen LogP contribution in [0, 0.1) is 0 Å². The maximum absolute atomic E-state index is 11.5. The first-order valence-electron chi connectivity index (χ1n) is 7.03. The van der Waals surface area contributed by atoms with Crippen molar-refractivity contribution in [2.24, 2.45) is 0 Å². The van der Waals surface area contributed by atoms with Gasteiger partial charge in [-0.15, -0.1) is 0 Å². The molecule has 0 unspecified atom stereocenters. The average Bonchev–Trinajstić information content (AvgIpc) is 2.86. The number of benzene rings is 2. The second kappa shape index (κ2) is 5.50. The van der Waals surface area contributed by atoms with Gasteiger partial charge in [0, 0.05) is 16.0 Å². The van der Waals surface area contributed by atoms with Crippen LogP contribution < -0.4 is 0 Å². The number of rotatable bonds is 3. The van der Waals surface area contributed by atoms with E-state index in [1.165, 1.54) is 0 Å². The number of carboxylic acid groups (broad SMARTS) is 1. The first-order valence-corrected chi connectivity index (χ1v) is 7.41. The van der Waals surface area contributed by atoms with Crippen LogP contribution in [-0.2, 0) is 0 Å². The molecule has 3 aromatic rings. The Morgan fingerprint density at radius 1 is 1.14 bits per heavy atom. The first-order chi connectivity index (χ1) is 10.5. The predicted molar refractivity (Wildman–Crippen MR) is 87.7 cm³/mol. The molecule has 1 aromatic heterocycles. The molecule has 1 heterocycles. The molecule has 3 rings (SSSR count). The topological polar surface area (TPSA) is 50.4 Å². The molecule has 3 nitrogen and oxygen atoms in total. The summed E-state index contributed by atoms with van der Waals surface area (Å²) < 4.78 is 5.55. The summed E-state index contributed by atoms with van der Waals surface area (Å²) in [7, 11) is 0. The van der Waals surface area contributed by atoms with Crippen molar-refractivity contribution in [1.82, 2.24) is 0 Å². The Morgan fingerprint density at radius 2 is 1.82 bits per heavy atom. The van der Waals surface area contributed by atoms with Crippen molar-refractivity contribution >= 4 is 28.5 Å². The van der Waals surface area contributed by atoms with Crippen LogP contribution in [0.15, 0.2) is 46.9 Å². The van der Waals surface area contributed by atoms with E-state index >= 15 is 0 Å². The minimum Gasteiger partial charge on any atom is -0.475 e. The highest BCUT2D eigenvalue weighted by atomic mass is 35.5. The Bertz CT molecular complexity index is 845. The molecule has 0 aliphatic heterocycles. The minimum absolute atomic E-state index is 0.0433. The van der Waals surface area contributed by atoms with E-state index in [2.05, 4.69) is 13.8 Å². The zero-order chi connectivity index (χ0) is 15.9. The normalized spacial score (nSPS) is 11.3. The number of aromatic carboxylic acids is 1. The molecule has 0 radical (unpaired) electrons. The lowest BCUT2D eigenvalue weighted by atomic mass is 9.97. The van der Waals surface area contributed by atoms with Gasteiger partial charge in [-0.2, -0.15) is 0 Å². The van der Waals surface area contributed by atoms with Crippen LogP contribution in [0.2, 0.25) is 5.02 Å². The summed E-state index contributed by atoms with van der Waals surface area (Å²) in [5.41, 5.74) is 3.09. The Labute approximate surface area is 133 Å². The van der Waals surface area contributed by atoms with Crippen LogP contribution in [0.25, 0.3) is 22.1 Å². The van der Waals surface area contributed by atoms with Crippen LogP contribution in [-0.4, -0.2) is 11.1 Å². The third-order valence-corrected chi connectivity index (χ3v) is 3.96. The van der Waals surface area contributed by atoms with Crippen LogP contribution >= 0.6 is 11.6 Å². The van der Waals surface area contributed by atoms with Crippen LogP contribution in [0.3, 0.4) is 0 Å². The van der Waals surface area contributed by atoms with E-state index in [1.54, 1.807) is 24.3 Å². The smallest absolute Gasteiger partial charge is 0.372 e. The lowest BCUT2D eigenvalue weighted by Crippen LogP contribution is -1.96. The minimum atomic E-state index is -1.08. The Balaban J connectivity index is 2.32. The number of halogens is 1. The molecule has 112 valence electrons. The molecule has 4 heteroatoms. The van der Waals surface area contributed by atoms with Crippen molar-refractivity contribution in [2.45, 2.75) is 19.8 Å². The van der Waals surface area contributed by atoms with Crippen molar-refractivity contribution in [1.29, 1.82) is 0 Å². The van der Waals surface area contributed by atoms with E-state index in [0.29, 0.717) is 22.1 Å². The second-order valence-electron chi connectivity index (χ2n) is 5.53. The predicted octanol–water partition coefficient (Wildman–Crippen LogP) is 5.57. The number of carbonyl (C=O) groups is 1. The molecule has 0 spiro atoms. The molecule has 0 bridgehead atoms. The van der Waals surface area contributed by atoms with Crippen molar-refractivity contribution in [3.63, 3.8) is 0 Å². The molecule has 0 aliphatic carbocycles. The van der Waals surface area contributed by atoms with Crippen molar-refractivity contribution in [3.05, 3.63) is 58.8 Å². The van der Waals surface area contributed by atoms with Gasteiger partial charge < -0.3 is 9.52 Å². The summed E-state index contributed by atoms with van der Waals surface area (Å²) in [5, 5.41) is 10.9. The summed E-state index contributed by atoms with van der Waals surface area (Å²) in [6.07, 6.45) is 0. The van der Waals surface area contributed by atoms with Crippen LogP contribution in [0.4, 0.5) is 0 Å². The third kappa shape index (κ3) is 2.48. The lowest BCUT2D eigenvalue weighted by molar-refractivity contribution is 0.0666. The fourth-order valence-electron chi connectivity index (χ4n) is 2.53. The van der Waals surface area contributed by atoms with Crippen molar-refractivity contribution in [2.75, 3.05) is 0 Å². The Hall–Kier alpha value is -2.26. The summed E-state index contributed by atoms with van der Waals surface area (Å²) in [5.74, 6) is -0.767. The molecule has 0 saturated heterocycles. The van der Waals surface area contributed by atoms with Gasteiger partial charge in [0.25, 0.3) is 0 Å². The molecule has 2 aromatic carbocycles. The first kappa shape index (κ1) is 14.7. The Kier molecular flexibility index (Phi) is 3.67. The van der Waals surface area contributed by atoms with Gasteiger partial charge in [-0.1, -0.05) is 43.6 Å². The lowest BCUT2D eigenvalue weighted by Gasteiger charge is -2.06. The molecule has 1 N–H and O–H groups in total. The molecule has 0 saturated carbocycles. The molecule has 0 fully saturated rings. The zero-order valence-electron chi connectivity index (χ0n) is 12.3. The summed E-state index contributed by atoms with van der Waals surface area (Å²) in [4.78, 5) is 11.5. The maximum atomic E-state index is 11.5. The monoisotopic (exact) mass is 314 g/mol. The number of carboxylic acids is 1. The van der Waals surface area contributed by atoms with E-state index in [9.17, 15) is 9.90 Å². The fourth-order valence-corrected chi connectivity index (χ4v) is 2.65. The molecule has 0 atom stereocenters. The van der Waals surface area contributed by atoms with Gasteiger partial charge in [-0.3, -0.25) is 0 Å². The van der Waals surface area contributed by atoms with E-state index in [-0.39, 0.29) is 5.76 Å². The van der Waals surface area contributed by atoms with Gasteiger partial charge in [0.05, 0.1) is 0 Å². The van der Waals surface area contributed by atoms with Gasteiger partial charge in [0.1, 0.15) is 5.58 Å². The fraction of sp³-hybridized carbons (Fsp3) is 0.167. The van der Waals surface area contributed by atoms with E-state index in [0.717, 1.165) is 16.5 Å². The molecular weight excluding hydrogens is 300 g/mol. The summed E-state index contributed by atoms with van der Waals surface area (Å²) in [6, 6.07) is 12.9. The highest BCUT2D eigenvalue weighted by Crippen LogP contribution is 2.36. The van der Waals surface area contributed by atoms with Crippen LogP contribution in [0.1, 0.15) is 35.9 Å².